The molecule has 3 aromatic rings. The van der Waals surface area contributed by atoms with Crippen LogP contribution >= 0.6 is 11.6 Å². The van der Waals surface area contributed by atoms with Crippen molar-refractivity contribution in [2.45, 2.75) is 0 Å². The Hall–Kier alpha value is -2.98. The molecule has 0 radical (unpaired) electrons. The van der Waals surface area contributed by atoms with Gasteiger partial charge in [-0.15, -0.1) is 0 Å². The fourth-order valence-corrected chi connectivity index (χ4v) is 2.56. The number of halogens is 1. The Kier molecular flexibility index (Phi) is 5.44. The Bertz CT molecular complexity index is 892. The first-order chi connectivity index (χ1) is 12.6. The molecule has 0 saturated carbocycles. The standard InChI is InChI=1S/C21H18ClNO3/c1-23(17-4-3-5-20(14-17)25-2)21(24)15-6-10-18(11-7-15)26-19-12-8-16(22)9-13-19/h3-14H,1-2H3. The van der Waals surface area contributed by atoms with E-state index in [4.69, 9.17) is 21.1 Å². The highest BCUT2D eigenvalue weighted by Crippen LogP contribution is 2.25. The van der Waals surface area contributed by atoms with Gasteiger partial charge in [0.15, 0.2) is 0 Å². The molecule has 3 aromatic carbocycles. The van der Waals surface area contributed by atoms with E-state index in [0.29, 0.717) is 27.8 Å². The maximum Gasteiger partial charge on any atom is 0.258 e. The second-order valence-electron chi connectivity index (χ2n) is 5.65. The summed E-state index contributed by atoms with van der Waals surface area (Å²) in [4.78, 5) is 14.3. The topological polar surface area (TPSA) is 38.8 Å². The summed E-state index contributed by atoms with van der Waals surface area (Å²) < 4.78 is 11.0. The van der Waals surface area contributed by atoms with Crippen LogP contribution in [0.15, 0.2) is 72.8 Å². The van der Waals surface area contributed by atoms with Crippen LogP contribution in [0.2, 0.25) is 5.02 Å². The molecular formula is C21H18ClNO3. The zero-order chi connectivity index (χ0) is 18.5. The number of rotatable bonds is 5. The molecule has 1 amide bonds. The second kappa shape index (κ2) is 7.93. The summed E-state index contributed by atoms with van der Waals surface area (Å²) in [7, 11) is 3.33. The Morgan fingerprint density at radius 1 is 0.885 bits per heavy atom. The number of carbonyl (C=O) groups excluding carboxylic acids is 1. The van der Waals surface area contributed by atoms with E-state index in [2.05, 4.69) is 0 Å². The number of benzene rings is 3. The molecule has 0 fully saturated rings. The van der Waals surface area contributed by atoms with Crippen LogP contribution in [-0.2, 0) is 0 Å². The van der Waals surface area contributed by atoms with Gasteiger partial charge in [-0.1, -0.05) is 17.7 Å². The highest BCUT2D eigenvalue weighted by molar-refractivity contribution is 6.30. The summed E-state index contributed by atoms with van der Waals surface area (Å²) >= 11 is 5.86. The Morgan fingerprint density at radius 2 is 1.50 bits per heavy atom. The van der Waals surface area contributed by atoms with Crippen molar-refractivity contribution >= 4 is 23.2 Å². The lowest BCUT2D eigenvalue weighted by atomic mass is 10.1. The smallest absolute Gasteiger partial charge is 0.258 e. The first kappa shape index (κ1) is 17.8. The number of nitrogens with zero attached hydrogens (tertiary/aromatic N) is 1. The van der Waals surface area contributed by atoms with Gasteiger partial charge in [0.05, 0.1) is 7.11 Å². The molecule has 0 aromatic heterocycles. The van der Waals surface area contributed by atoms with Crippen molar-refractivity contribution < 1.29 is 14.3 Å². The molecule has 0 heterocycles. The van der Waals surface area contributed by atoms with Gasteiger partial charge in [0.1, 0.15) is 17.2 Å². The lowest BCUT2D eigenvalue weighted by Gasteiger charge is -2.18. The van der Waals surface area contributed by atoms with Gasteiger partial charge in [0, 0.05) is 29.4 Å². The maximum atomic E-state index is 12.7. The second-order valence-corrected chi connectivity index (χ2v) is 6.08. The van der Waals surface area contributed by atoms with Crippen molar-refractivity contribution in [3.8, 4) is 17.2 Å². The van der Waals surface area contributed by atoms with Crippen molar-refractivity contribution in [1.29, 1.82) is 0 Å². The summed E-state index contributed by atoms with van der Waals surface area (Å²) in [6.07, 6.45) is 0. The fraction of sp³-hybridized carbons (Fsp3) is 0.0952. The molecule has 132 valence electrons. The molecule has 0 spiro atoms. The molecule has 0 unspecified atom stereocenters. The summed E-state index contributed by atoms with van der Waals surface area (Å²) in [5.41, 5.74) is 1.33. The van der Waals surface area contributed by atoms with Crippen molar-refractivity contribution in [2.24, 2.45) is 0 Å². The molecule has 0 saturated heterocycles. The van der Waals surface area contributed by atoms with E-state index in [-0.39, 0.29) is 5.91 Å². The van der Waals surface area contributed by atoms with Crippen molar-refractivity contribution in [3.63, 3.8) is 0 Å². The van der Waals surface area contributed by atoms with Gasteiger partial charge in [-0.25, -0.2) is 0 Å². The summed E-state index contributed by atoms with van der Waals surface area (Å²) in [6.45, 7) is 0. The van der Waals surface area contributed by atoms with Crippen LogP contribution < -0.4 is 14.4 Å². The lowest BCUT2D eigenvalue weighted by Crippen LogP contribution is -2.26. The molecule has 4 nitrogen and oxygen atoms in total. The minimum Gasteiger partial charge on any atom is -0.497 e. The zero-order valence-corrected chi connectivity index (χ0v) is 15.2. The van der Waals surface area contributed by atoms with Crippen LogP contribution in [0.1, 0.15) is 10.4 Å². The highest BCUT2D eigenvalue weighted by Gasteiger charge is 2.14. The summed E-state index contributed by atoms with van der Waals surface area (Å²) in [6, 6.07) is 21.5. The van der Waals surface area contributed by atoms with Crippen molar-refractivity contribution in [2.75, 3.05) is 19.1 Å². The number of ether oxygens (including phenoxy) is 2. The Balaban J connectivity index is 1.72. The summed E-state index contributed by atoms with van der Waals surface area (Å²) in [5.74, 6) is 1.92. The normalized spacial score (nSPS) is 10.3. The molecule has 0 atom stereocenters. The number of amides is 1. The molecule has 0 aliphatic rings. The Morgan fingerprint density at radius 3 is 2.12 bits per heavy atom. The van der Waals surface area contributed by atoms with Crippen LogP contribution in [0.3, 0.4) is 0 Å². The highest BCUT2D eigenvalue weighted by atomic mass is 35.5. The minimum atomic E-state index is -0.115. The van der Waals surface area contributed by atoms with Gasteiger partial charge in [-0.2, -0.15) is 0 Å². The van der Waals surface area contributed by atoms with Gasteiger partial charge in [0.25, 0.3) is 5.91 Å². The monoisotopic (exact) mass is 367 g/mol. The van der Waals surface area contributed by atoms with E-state index in [0.717, 1.165) is 5.69 Å². The third-order valence-electron chi connectivity index (χ3n) is 3.90. The third-order valence-corrected chi connectivity index (χ3v) is 4.15. The van der Waals surface area contributed by atoms with Crippen molar-refractivity contribution in [3.05, 3.63) is 83.4 Å². The molecule has 5 heteroatoms. The predicted octanol–water partition coefficient (Wildman–Crippen LogP) is 5.42. The molecule has 3 rings (SSSR count). The fourth-order valence-electron chi connectivity index (χ4n) is 2.43. The van der Waals surface area contributed by atoms with Crippen LogP contribution in [0.4, 0.5) is 5.69 Å². The Labute approximate surface area is 157 Å². The number of hydrogen-bond acceptors (Lipinski definition) is 3. The number of carbonyl (C=O) groups is 1. The molecule has 0 aliphatic carbocycles. The minimum absolute atomic E-state index is 0.115. The van der Waals surface area contributed by atoms with Crippen LogP contribution in [0.25, 0.3) is 0 Å². The largest absolute Gasteiger partial charge is 0.497 e. The number of hydrogen-bond donors (Lipinski definition) is 0. The van der Waals surface area contributed by atoms with Gasteiger partial charge in [-0.05, 0) is 60.7 Å². The lowest BCUT2D eigenvalue weighted by molar-refractivity contribution is 0.0993. The third kappa shape index (κ3) is 4.16. The van der Waals surface area contributed by atoms with Gasteiger partial charge < -0.3 is 14.4 Å². The molecule has 0 bridgehead atoms. The maximum absolute atomic E-state index is 12.7. The van der Waals surface area contributed by atoms with Crippen molar-refractivity contribution in [1.82, 2.24) is 0 Å². The van der Waals surface area contributed by atoms with E-state index < -0.39 is 0 Å². The molecule has 0 aliphatic heterocycles. The SMILES string of the molecule is COc1cccc(N(C)C(=O)c2ccc(Oc3ccc(Cl)cc3)cc2)c1. The first-order valence-electron chi connectivity index (χ1n) is 8.02. The average Bonchev–Trinajstić information content (AvgIpc) is 2.69. The zero-order valence-electron chi connectivity index (χ0n) is 14.5. The molecule has 26 heavy (non-hydrogen) atoms. The number of methoxy groups -OCH3 is 1. The first-order valence-corrected chi connectivity index (χ1v) is 8.40. The molecular weight excluding hydrogens is 350 g/mol. The van der Waals surface area contributed by atoms with E-state index in [9.17, 15) is 4.79 Å². The number of anilines is 1. The predicted molar refractivity (Wildman–Crippen MR) is 104 cm³/mol. The van der Waals surface area contributed by atoms with Gasteiger partial charge in [-0.3, -0.25) is 4.79 Å². The van der Waals surface area contributed by atoms with E-state index in [1.165, 1.54) is 0 Å². The van der Waals surface area contributed by atoms with E-state index in [1.807, 2.05) is 24.3 Å². The van der Waals surface area contributed by atoms with Crippen LogP contribution in [0.5, 0.6) is 17.2 Å². The summed E-state index contributed by atoms with van der Waals surface area (Å²) in [5, 5.41) is 0.652. The van der Waals surface area contributed by atoms with Gasteiger partial charge in [0.2, 0.25) is 0 Å². The van der Waals surface area contributed by atoms with Crippen LogP contribution in [0, 0.1) is 0 Å². The van der Waals surface area contributed by atoms with E-state index in [1.54, 1.807) is 67.6 Å². The van der Waals surface area contributed by atoms with E-state index >= 15 is 0 Å². The van der Waals surface area contributed by atoms with Crippen LogP contribution in [-0.4, -0.2) is 20.1 Å². The van der Waals surface area contributed by atoms with Gasteiger partial charge >= 0.3 is 0 Å². The molecule has 0 N–H and O–H groups in total. The average molecular weight is 368 g/mol. The quantitative estimate of drug-likeness (QED) is 0.604.